The zero-order valence-electron chi connectivity index (χ0n) is 12.1. The maximum atomic E-state index is 3.77. The highest BCUT2D eigenvalue weighted by atomic mass is 14.9. The second-order valence-corrected chi connectivity index (χ2v) is 6.03. The summed E-state index contributed by atoms with van der Waals surface area (Å²) in [5.41, 5.74) is 0. The Labute approximate surface area is 109 Å². The molecule has 1 saturated carbocycles. The lowest BCUT2D eigenvalue weighted by Gasteiger charge is -2.16. The second kappa shape index (κ2) is 9.94. The molecule has 2 atom stereocenters. The Balaban J connectivity index is 1.91. The van der Waals surface area contributed by atoms with Crippen molar-refractivity contribution in [3.05, 3.63) is 0 Å². The molecule has 0 saturated heterocycles. The summed E-state index contributed by atoms with van der Waals surface area (Å²) in [6, 6.07) is 0.829. The fourth-order valence-electron chi connectivity index (χ4n) is 2.90. The molecule has 0 spiro atoms. The van der Waals surface area contributed by atoms with E-state index in [4.69, 9.17) is 0 Å². The summed E-state index contributed by atoms with van der Waals surface area (Å²) < 4.78 is 0. The van der Waals surface area contributed by atoms with Crippen LogP contribution in [0.5, 0.6) is 0 Å². The van der Waals surface area contributed by atoms with Gasteiger partial charge in [-0.3, -0.25) is 0 Å². The average molecular weight is 239 g/mol. The second-order valence-electron chi connectivity index (χ2n) is 6.03. The van der Waals surface area contributed by atoms with Gasteiger partial charge in [-0.1, -0.05) is 58.8 Å². The Bertz CT molecular complexity index is 167. The van der Waals surface area contributed by atoms with Crippen LogP contribution in [0.1, 0.15) is 84.5 Å². The van der Waals surface area contributed by atoms with Crippen LogP contribution in [0.4, 0.5) is 0 Å². The Morgan fingerprint density at radius 3 is 2.47 bits per heavy atom. The minimum atomic E-state index is 0.829. The van der Waals surface area contributed by atoms with Crippen molar-refractivity contribution in [1.29, 1.82) is 0 Å². The van der Waals surface area contributed by atoms with Crippen molar-refractivity contribution in [2.24, 2.45) is 5.92 Å². The molecule has 1 rings (SSSR count). The van der Waals surface area contributed by atoms with Crippen LogP contribution in [-0.2, 0) is 0 Å². The summed E-state index contributed by atoms with van der Waals surface area (Å²) in [6.45, 7) is 5.95. The van der Waals surface area contributed by atoms with Crippen LogP contribution in [0, 0.1) is 5.92 Å². The predicted molar refractivity (Wildman–Crippen MR) is 77.4 cm³/mol. The first-order valence-corrected chi connectivity index (χ1v) is 8.06. The maximum absolute atomic E-state index is 3.77. The van der Waals surface area contributed by atoms with Crippen LogP contribution in [-0.4, -0.2) is 12.6 Å². The van der Waals surface area contributed by atoms with Gasteiger partial charge in [0.05, 0.1) is 0 Å². The summed E-state index contributed by atoms with van der Waals surface area (Å²) >= 11 is 0. The minimum Gasteiger partial charge on any atom is -0.314 e. The van der Waals surface area contributed by atoms with E-state index in [1.54, 1.807) is 0 Å². The van der Waals surface area contributed by atoms with Gasteiger partial charge in [-0.2, -0.15) is 0 Å². The first-order chi connectivity index (χ1) is 8.33. The third-order valence-electron chi connectivity index (χ3n) is 4.22. The number of rotatable bonds is 8. The molecule has 0 amide bonds. The zero-order valence-corrected chi connectivity index (χ0v) is 12.1. The molecule has 0 bridgehead atoms. The molecule has 1 fully saturated rings. The van der Waals surface area contributed by atoms with Crippen LogP contribution in [0.15, 0.2) is 0 Å². The van der Waals surface area contributed by atoms with Gasteiger partial charge in [-0.15, -0.1) is 0 Å². The third kappa shape index (κ3) is 7.81. The summed E-state index contributed by atoms with van der Waals surface area (Å²) in [5, 5.41) is 3.77. The van der Waals surface area contributed by atoms with Crippen molar-refractivity contribution in [2.45, 2.75) is 90.5 Å². The smallest absolute Gasteiger partial charge is 0.00671 e. The lowest BCUT2D eigenvalue weighted by molar-refractivity contribution is 0.438. The Morgan fingerprint density at radius 1 is 0.882 bits per heavy atom. The largest absolute Gasteiger partial charge is 0.314 e. The molecule has 0 radical (unpaired) electrons. The van der Waals surface area contributed by atoms with E-state index >= 15 is 0 Å². The molecule has 1 aliphatic rings. The van der Waals surface area contributed by atoms with Crippen molar-refractivity contribution in [3.8, 4) is 0 Å². The van der Waals surface area contributed by atoms with E-state index in [-0.39, 0.29) is 0 Å². The van der Waals surface area contributed by atoms with Crippen LogP contribution in [0.3, 0.4) is 0 Å². The molecule has 102 valence electrons. The standard InChI is InChI=1S/C16H33N/c1-3-4-5-6-7-8-14-17-16-11-9-10-15(2)12-13-16/h15-17H,3-14H2,1-2H3. The average Bonchev–Trinajstić information content (AvgIpc) is 2.53. The fourth-order valence-corrected chi connectivity index (χ4v) is 2.90. The van der Waals surface area contributed by atoms with E-state index in [1.165, 1.54) is 77.2 Å². The van der Waals surface area contributed by atoms with Crippen molar-refractivity contribution < 1.29 is 0 Å². The van der Waals surface area contributed by atoms with Gasteiger partial charge in [0, 0.05) is 6.04 Å². The molecule has 0 aromatic rings. The Kier molecular flexibility index (Phi) is 8.78. The molecule has 0 heterocycles. The van der Waals surface area contributed by atoms with Crippen molar-refractivity contribution in [3.63, 3.8) is 0 Å². The topological polar surface area (TPSA) is 12.0 Å². The molecule has 1 nitrogen and oxygen atoms in total. The molecule has 1 N–H and O–H groups in total. The van der Waals surface area contributed by atoms with E-state index < -0.39 is 0 Å². The summed E-state index contributed by atoms with van der Waals surface area (Å²) in [4.78, 5) is 0. The molecule has 1 aliphatic carbocycles. The molecule has 2 unspecified atom stereocenters. The molecular weight excluding hydrogens is 206 g/mol. The predicted octanol–water partition coefficient (Wildman–Crippen LogP) is 4.91. The van der Waals surface area contributed by atoms with Gasteiger partial charge < -0.3 is 5.32 Å². The first kappa shape index (κ1) is 15.0. The van der Waals surface area contributed by atoms with E-state index in [1.807, 2.05) is 0 Å². The van der Waals surface area contributed by atoms with Crippen LogP contribution < -0.4 is 5.32 Å². The van der Waals surface area contributed by atoms with Gasteiger partial charge in [-0.25, -0.2) is 0 Å². The fraction of sp³-hybridized carbons (Fsp3) is 1.00. The highest BCUT2D eigenvalue weighted by Crippen LogP contribution is 2.22. The summed E-state index contributed by atoms with van der Waals surface area (Å²) in [5.74, 6) is 0.968. The van der Waals surface area contributed by atoms with Gasteiger partial charge in [0.2, 0.25) is 0 Å². The van der Waals surface area contributed by atoms with E-state index in [0.29, 0.717) is 0 Å². The Morgan fingerprint density at radius 2 is 1.65 bits per heavy atom. The van der Waals surface area contributed by atoms with Gasteiger partial charge in [0.1, 0.15) is 0 Å². The number of hydrogen-bond acceptors (Lipinski definition) is 1. The quantitative estimate of drug-likeness (QED) is 0.469. The Hall–Kier alpha value is -0.0400. The lowest BCUT2D eigenvalue weighted by Crippen LogP contribution is -2.29. The molecular formula is C16H33N. The van der Waals surface area contributed by atoms with Crippen LogP contribution >= 0.6 is 0 Å². The monoisotopic (exact) mass is 239 g/mol. The van der Waals surface area contributed by atoms with Crippen LogP contribution in [0.2, 0.25) is 0 Å². The summed E-state index contributed by atoms with van der Waals surface area (Å²) in [6.07, 6.45) is 15.6. The molecule has 0 aromatic heterocycles. The van der Waals surface area contributed by atoms with Crippen molar-refractivity contribution in [2.75, 3.05) is 6.54 Å². The first-order valence-electron chi connectivity index (χ1n) is 8.06. The highest BCUT2D eigenvalue weighted by molar-refractivity contribution is 4.73. The normalized spacial score (nSPS) is 25.8. The van der Waals surface area contributed by atoms with Crippen molar-refractivity contribution in [1.82, 2.24) is 5.32 Å². The van der Waals surface area contributed by atoms with Gasteiger partial charge in [0.15, 0.2) is 0 Å². The number of nitrogens with one attached hydrogen (secondary N) is 1. The van der Waals surface area contributed by atoms with Gasteiger partial charge in [-0.05, 0) is 38.1 Å². The molecule has 0 aliphatic heterocycles. The SMILES string of the molecule is CCCCCCCCNC1CCCC(C)CC1. The number of unbranched alkanes of at least 4 members (excludes halogenated alkanes) is 5. The third-order valence-corrected chi connectivity index (χ3v) is 4.22. The molecule has 0 aromatic carbocycles. The van der Waals surface area contributed by atoms with Crippen molar-refractivity contribution >= 4 is 0 Å². The highest BCUT2D eigenvalue weighted by Gasteiger charge is 2.14. The minimum absolute atomic E-state index is 0.829. The van der Waals surface area contributed by atoms with E-state index in [9.17, 15) is 0 Å². The number of hydrogen-bond donors (Lipinski definition) is 1. The van der Waals surface area contributed by atoms with Gasteiger partial charge in [0.25, 0.3) is 0 Å². The zero-order chi connectivity index (χ0) is 12.3. The lowest BCUT2D eigenvalue weighted by atomic mass is 10.0. The van der Waals surface area contributed by atoms with Crippen LogP contribution in [0.25, 0.3) is 0 Å². The molecule has 17 heavy (non-hydrogen) atoms. The maximum Gasteiger partial charge on any atom is 0.00671 e. The summed E-state index contributed by atoms with van der Waals surface area (Å²) in [7, 11) is 0. The molecule has 1 heteroatoms. The van der Waals surface area contributed by atoms with Gasteiger partial charge >= 0.3 is 0 Å². The van der Waals surface area contributed by atoms with E-state index in [2.05, 4.69) is 19.2 Å². The van der Waals surface area contributed by atoms with E-state index in [0.717, 1.165) is 12.0 Å².